The van der Waals surface area contributed by atoms with Crippen LogP contribution in [0.25, 0.3) is 0 Å². The summed E-state index contributed by atoms with van der Waals surface area (Å²) in [4.78, 5) is 11.6. The number of aryl methyl sites for hydroxylation is 1. The average Bonchev–Trinajstić information content (AvgIpc) is 2.82. The highest BCUT2D eigenvalue weighted by atomic mass is 79.9. The summed E-state index contributed by atoms with van der Waals surface area (Å²) in [5.74, 6) is 0.908. The summed E-state index contributed by atoms with van der Waals surface area (Å²) in [5.41, 5.74) is 0.535. The van der Waals surface area contributed by atoms with E-state index in [0.717, 1.165) is 12.2 Å². The zero-order valence-electron chi connectivity index (χ0n) is 9.31. The highest BCUT2D eigenvalue weighted by Gasteiger charge is 2.06. The van der Waals surface area contributed by atoms with Gasteiger partial charge in [-0.25, -0.2) is 4.68 Å². The van der Waals surface area contributed by atoms with Crippen molar-refractivity contribution in [2.45, 2.75) is 6.42 Å². The number of anilines is 1. The predicted molar refractivity (Wildman–Crippen MR) is 68.1 cm³/mol. The second-order valence-corrected chi connectivity index (χ2v) is 4.35. The Morgan fingerprint density at radius 3 is 3.12 bits per heavy atom. The van der Waals surface area contributed by atoms with E-state index < -0.39 is 0 Å². The highest BCUT2D eigenvalue weighted by molar-refractivity contribution is 9.10. The quantitative estimate of drug-likeness (QED) is 0.935. The van der Waals surface area contributed by atoms with E-state index in [0.29, 0.717) is 16.7 Å². The van der Waals surface area contributed by atoms with E-state index in [1.165, 1.54) is 4.68 Å². The maximum absolute atomic E-state index is 11.6. The fraction of sp³-hybridized carbons (Fsp3) is 0.273. The molecule has 2 heterocycles. The van der Waals surface area contributed by atoms with Crippen LogP contribution in [0.2, 0.25) is 0 Å². The molecule has 0 saturated carbocycles. The van der Waals surface area contributed by atoms with Crippen molar-refractivity contribution < 1.29 is 4.42 Å². The van der Waals surface area contributed by atoms with Crippen LogP contribution in [0.5, 0.6) is 0 Å². The third-order valence-corrected chi connectivity index (χ3v) is 3.11. The summed E-state index contributed by atoms with van der Waals surface area (Å²) < 4.78 is 6.99. The van der Waals surface area contributed by atoms with Gasteiger partial charge >= 0.3 is 0 Å². The average molecular weight is 298 g/mol. The van der Waals surface area contributed by atoms with E-state index in [4.69, 9.17) is 4.42 Å². The lowest BCUT2D eigenvalue weighted by Crippen LogP contribution is -2.21. The van der Waals surface area contributed by atoms with E-state index >= 15 is 0 Å². The zero-order valence-corrected chi connectivity index (χ0v) is 10.9. The number of rotatable bonds is 4. The summed E-state index contributed by atoms with van der Waals surface area (Å²) >= 11 is 3.25. The topological polar surface area (TPSA) is 60.1 Å². The number of aromatic nitrogens is 2. The van der Waals surface area contributed by atoms with Gasteiger partial charge in [0.15, 0.2) is 0 Å². The van der Waals surface area contributed by atoms with Crippen LogP contribution in [0.4, 0.5) is 5.69 Å². The molecule has 17 heavy (non-hydrogen) atoms. The van der Waals surface area contributed by atoms with Gasteiger partial charge in [0.25, 0.3) is 5.56 Å². The fourth-order valence-corrected chi connectivity index (χ4v) is 1.91. The number of furan rings is 1. The van der Waals surface area contributed by atoms with E-state index in [9.17, 15) is 4.79 Å². The predicted octanol–water partition coefficient (Wildman–Crippen LogP) is 1.79. The summed E-state index contributed by atoms with van der Waals surface area (Å²) in [6.07, 6.45) is 4.02. The van der Waals surface area contributed by atoms with Crippen LogP contribution in [-0.2, 0) is 13.5 Å². The molecule has 0 bridgehead atoms. The molecular weight excluding hydrogens is 286 g/mol. The molecule has 0 aromatic carbocycles. The van der Waals surface area contributed by atoms with Gasteiger partial charge in [-0.15, -0.1) is 0 Å². The Hall–Kier alpha value is -1.56. The van der Waals surface area contributed by atoms with Gasteiger partial charge in [0.05, 0.1) is 18.1 Å². The van der Waals surface area contributed by atoms with Crippen molar-refractivity contribution in [2.75, 3.05) is 11.9 Å². The standard InChI is InChI=1S/C11H12BrN3O2/c1-15-11(16)10(12)9(7-14-15)13-5-4-8-3-2-6-17-8/h2-3,6-7,13H,4-5H2,1H3. The first-order chi connectivity index (χ1) is 8.18. The zero-order chi connectivity index (χ0) is 12.3. The molecule has 2 aromatic rings. The first-order valence-corrected chi connectivity index (χ1v) is 5.96. The van der Waals surface area contributed by atoms with Crippen LogP contribution in [0.1, 0.15) is 5.76 Å². The van der Waals surface area contributed by atoms with Crippen molar-refractivity contribution in [3.05, 3.63) is 45.2 Å². The minimum atomic E-state index is -0.159. The summed E-state index contributed by atoms with van der Waals surface area (Å²) in [6.45, 7) is 0.682. The largest absolute Gasteiger partial charge is 0.469 e. The van der Waals surface area contributed by atoms with Gasteiger partial charge in [0, 0.05) is 20.0 Å². The third-order valence-electron chi connectivity index (χ3n) is 2.35. The molecule has 2 rings (SSSR count). The molecule has 0 radical (unpaired) electrons. The molecule has 6 heteroatoms. The molecule has 90 valence electrons. The maximum atomic E-state index is 11.6. The second-order valence-electron chi connectivity index (χ2n) is 3.56. The molecule has 0 fully saturated rings. The lowest BCUT2D eigenvalue weighted by molar-refractivity contribution is 0.513. The van der Waals surface area contributed by atoms with Crippen LogP contribution in [-0.4, -0.2) is 16.3 Å². The Balaban J connectivity index is 2.00. The molecule has 2 aromatic heterocycles. The van der Waals surface area contributed by atoms with E-state index in [2.05, 4.69) is 26.3 Å². The van der Waals surface area contributed by atoms with Crippen molar-refractivity contribution in [3.63, 3.8) is 0 Å². The van der Waals surface area contributed by atoms with Gasteiger partial charge in [0.2, 0.25) is 0 Å². The lowest BCUT2D eigenvalue weighted by atomic mass is 10.3. The molecule has 5 nitrogen and oxygen atoms in total. The fourth-order valence-electron chi connectivity index (χ4n) is 1.41. The number of halogens is 1. The minimum Gasteiger partial charge on any atom is -0.469 e. The van der Waals surface area contributed by atoms with Gasteiger partial charge in [-0.05, 0) is 28.1 Å². The SMILES string of the molecule is Cn1ncc(NCCc2ccco2)c(Br)c1=O. The van der Waals surface area contributed by atoms with Crippen molar-refractivity contribution in [1.82, 2.24) is 9.78 Å². The van der Waals surface area contributed by atoms with Crippen LogP contribution >= 0.6 is 15.9 Å². The number of hydrogen-bond acceptors (Lipinski definition) is 4. The number of nitrogens with one attached hydrogen (secondary N) is 1. The summed E-state index contributed by atoms with van der Waals surface area (Å²) in [5, 5.41) is 7.08. The smallest absolute Gasteiger partial charge is 0.282 e. The normalized spacial score (nSPS) is 10.5. The van der Waals surface area contributed by atoms with Crippen molar-refractivity contribution in [1.29, 1.82) is 0 Å². The highest BCUT2D eigenvalue weighted by Crippen LogP contribution is 2.15. The summed E-state index contributed by atoms with van der Waals surface area (Å²) in [7, 11) is 1.61. The van der Waals surface area contributed by atoms with Gasteiger partial charge < -0.3 is 9.73 Å². The Bertz CT molecular complexity index is 548. The minimum absolute atomic E-state index is 0.159. The van der Waals surface area contributed by atoms with Gasteiger partial charge in [0.1, 0.15) is 10.2 Å². The molecule has 1 N–H and O–H groups in total. The molecule has 0 atom stereocenters. The number of hydrogen-bond donors (Lipinski definition) is 1. The van der Waals surface area contributed by atoms with Gasteiger partial charge in [-0.3, -0.25) is 4.79 Å². The Morgan fingerprint density at radius 1 is 1.59 bits per heavy atom. The van der Waals surface area contributed by atoms with Crippen molar-refractivity contribution >= 4 is 21.6 Å². The van der Waals surface area contributed by atoms with Crippen molar-refractivity contribution in [2.24, 2.45) is 7.05 Å². The molecule has 0 amide bonds. The van der Waals surface area contributed by atoms with E-state index in [1.54, 1.807) is 19.5 Å². The monoisotopic (exact) mass is 297 g/mol. The van der Waals surface area contributed by atoms with E-state index in [-0.39, 0.29) is 5.56 Å². The maximum Gasteiger partial charge on any atom is 0.282 e. The first kappa shape index (κ1) is 11.9. The van der Waals surface area contributed by atoms with Crippen LogP contribution in [0.3, 0.4) is 0 Å². The Labute approximate surface area is 107 Å². The van der Waals surface area contributed by atoms with Gasteiger partial charge in [-0.1, -0.05) is 0 Å². The number of nitrogens with zero attached hydrogens (tertiary/aromatic N) is 2. The Morgan fingerprint density at radius 2 is 2.41 bits per heavy atom. The van der Waals surface area contributed by atoms with Crippen molar-refractivity contribution in [3.8, 4) is 0 Å². The van der Waals surface area contributed by atoms with Gasteiger partial charge in [-0.2, -0.15) is 5.10 Å². The molecular formula is C11H12BrN3O2. The second kappa shape index (κ2) is 5.18. The van der Waals surface area contributed by atoms with Crippen LogP contribution in [0.15, 0.2) is 38.3 Å². The first-order valence-electron chi connectivity index (χ1n) is 5.16. The summed E-state index contributed by atoms with van der Waals surface area (Å²) in [6, 6.07) is 3.77. The molecule has 0 unspecified atom stereocenters. The molecule has 0 aliphatic rings. The lowest BCUT2D eigenvalue weighted by Gasteiger charge is -2.07. The van der Waals surface area contributed by atoms with E-state index in [1.807, 2.05) is 12.1 Å². The van der Waals surface area contributed by atoms with Crippen LogP contribution in [0, 0.1) is 0 Å². The Kier molecular flexibility index (Phi) is 3.63. The third kappa shape index (κ3) is 2.76. The molecule has 0 aliphatic carbocycles. The molecule has 0 saturated heterocycles. The molecule has 0 aliphatic heterocycles. The van der Waals surface area contributed by atoms with Crippen LogP contribution < -0.4 is 10.9 Å². The molecule has 0 spiro atoms.